The molecule has 0 aromatic heterocycles. The van der Waals surface area contributed by atoms with Crippen LogP contribution in [-0.2, 0) is 10.8 Å². The summed E-state index contributed by atoms with van der Waals surface area (Å²) in [5, 5.41) is 2.55. The Morgan fingerprint density at radius 1 is 0.612 bits per heavy atom. The predicted octanol–water partition coefficient (Wildman–Crippen LogP) is 12.3. The second kappa shape index (κ2) is 10.8. The lowest BCUT2D eigenvalue weighted by molar-refractivity contribution is 0.539. The van der Waals surface area contributed by atoms with Crippen molar-refractivity contribution in [3.05, 3.63) is 179 Å². The smallest absolute Gasteiger partial charge is 0.0564 e. The van der Waals surface area contributed by atoms with Crippen molar-refractivity contribution in [3.63, 3.8) is 0 Å². The van der Waals surface area contributed by atoms with E-state index in [-0.39, 0.29) is 16.9 Å². The summed E-state index contributed by atoms with van der Waals surface area (Å²) < 4.78 is 0. The van der Waals surface area contributed by atoms with E-state index < -0.39 is 0 Å². The summed E-state index contributed by atoms with van der Waals surface area (Å²) in [4.78, 5) is 5.12. The lowest BCUT2D eigenvalue weighted by Gasteiger charge is -2.51. The molecule has 2 heteroatoms. The molecule has 0 spiro atoms. The van der Waals surface area contributed by atoms with Gasteiger partial charge in [0, 0.05) is 27.9 Å². The Bertz CT molecular complexity index is 2310. The van der Waals surface area contributed by atoms with Crippen molar-refractivity contribution in [1.82, 2.24) is 0 Å². The second-order valence-corrected chi connectivity index (χ2v) is 15.1. The molecule has 9 rings (SSSR count). The molecular formula is C47H42N2. The van der Waals surface area contributed by atoms with Crippen LogP contribution in [0.5, 0.6) is 0 Å². The van der Waals surface area contributed by atoms with Crippen LogP contribution >= 0.6 is 0 Å². The molecule has 1 aliphatic carbocycles. The first-order valence-electron chi connectivity index (χ1n) is 17.6. The number of para-hydroxylation sites is 2. The average Bonchev–Trinajstić information content (AvgIpc) is 3.12. The summed E-state index contributed by atoms with van der Waals surface area (Å²) in [5.74, 6) is 0. The van der Waals surface area contributed by atoms with E-state index >= 15 is 0 Å². The van der Waals surface area contributed by atoms with E-state index in [4.69, 9.17) is 0 Å². The zero-order valence-corrected chi connectivity index (χ0v) is 29.0. The second-order valence-electron chi connectivity index (χ2n) is 15.1. The number of hydrogen-bond donors (Lipinski definition) is 0. The van der Waals surface area contributed by atoms with Crippen molar-refractivity contribution in [2.75, 3.05) is 9.80 Å². The summed E-state index contributed by atoms with van der Waals surface area (Å²) in [7, 11) is 0. The van der Waals surface area contributed by atoms with Gasteiger partial charge in [-0.25, -0.2) is 0 Å². The van der Waals surface area contributed by atoms with Gasteiger partial charge in [-0.2, -0.15) is 0 Å². The van der Waals surface area contributed by atoms with Crippen molar-refractivity contribution in [1.29, 1.82) is 0 Å². The maximum atomic E-state index is 2.58. The van der Waals surface area contributed by atoms with E-state index in [0.29, 0.717) is 0 Å². The first kappa shape index (κ1) is 29.8. The fourth-order valence-corrected chi connectivity index (χ4v) is 8.83. The molecule has 0 bridgehead atoms. The van der Waals surface area contributed by atoms with Gasteiger partial charge >= 0.3 is 0 Å². The van der Waals surface area contributed by atoms with Crippen LogP contribution in [0.1, 0.15) is 56.4 Å². The number of hydrogen-bond acceptors (Lipinski definition) is 2. The standard InChI is InChI=1S/C47H42N2/c1-31-20-24-34(25-21-31)48(35-26-22-33(23-27-35)38-15-10-13-32-12-6-7-14-37(32)38)36-28-29-44-42(30-36)47(4,5)41-18-11-17-40-45(41)49(44)43-19-9-8-16-39(43)46(40,2)3/h6-29,36H,30H2,1-5H3. The molecule has 0 saturated carbocycles. The Hall–Kier alpha value is -5.34. The Balaban J connectivity index is 1.15. The zero-order valence-electron chi connectivity index (χ0n) is 29.0. The van der Waals surface area contributed by atoms with Crippen molar-refractivity contribution in [3.8, 4) is 11.1 Å². The molecule has 6 aromatic carbocycles. The molecule has 2 aliphatic heterocycles. The zero-order chi connectivity index (χ0) is 33.5. The molecule has 1 atom stereocenters. The van der Waals surface area contributed by atoms with Crippen LogP contribution in [0.4, 0.5) is 22.7 Å². The Kier molecular flexibility index (Phi) is 6.58. The molecule has 6 aromatic rings. The fraction of sp³-hybridized carbons (Fsp3) is 0.191. The molecule has 240 valence electrons. The summed E-state index contributed by atoms with van der Waals surface area (Å²) in [5.41, 5.74) is 15.7. The van der Waals surface area contributed by atoms with Crippen LogP contribution in [0.3, 0.4) is 0 Å². The van der Waals surface area contributed by atoms with Gasteiger partial charge < -0.3 is 9.80 Å². The molecule has 0 N–H and O–H groups in total. The Morgan fingerprint density at radius 3 is 2.00 bits per heavy atom. The maximum absolute atomic E-state index is 2.58. The summed E-state index contributed by atoms with van der Waals surface area (Å²) >= 11 is 0. The van der Waals surface area contributed by atoms with Gasteiger partial charge in [-0.15, -0.1) is 0 Å². The number of nitrogens with zero attached hydrogens (tertiary/aromatic N) is 2. The van der Waals surface area contributed by atoms with E-state index in [1.807, 2.05) is 0 Å². The van der Waals surface area contributed by atoms with Crippen LogP contribution < -0.4 is 9.80 Å². The van der Waals surface area contributed by atoms with Crippen LogP contribution in [0, 0.1) is 6.92 Å². The SMILES string of the molecule is Cc1ccc(N(c2ccc(-c3cccc4ccccc34)cc2)C2C=CC3=C(C2)C(C)(C)c2cccc4c2N3c2ccccc2C4(C)C)cc1. The summed E-state index contributed by atoms with van der Waals surface area (Å²) in [6.07, 6.45) is 5.80. The van der Waals surface area contributed by atoms with Crippen LogP contribution in [0.2, 0.25) is 0 Å². The van der Waals surface area contributed by atoms with Crippen molar-refractivity contribution in [2.45, 2.75) is 57.9 Å². The van der Waals surface area contributed by atoms with Gasteiger partial charge in [0.25, 0.3) is 0 Å². The van der Waals surface area contributed by atoms with Gasteiger partial charge in [0.1, 0.15) is 0 Å². The molecule has 0 radical (unpaired) electrons. The number of aryl methyl sites for hydroxylation is 1. The Morgan fingerprint density at radius 2 is 1.22 bits per heavy atom. The number of allylic oxidation sites excluding steroid dienone is 1. The molecule has 0 saturated heterocycles. The number of anilines is 4. The first-order chi connectivity index (χ1) is 23.7. The summed E-state index contributed by atoms with van der Waals surface area (Å²) in [6.45, 7) is 11.8. The van der Waals surface area contributed by atoms with E-state index in [1.54, 1.807) is 0 Å². The molecule has 0 fully saturated rings. The highest BCUT2D eigenvalue weighted by Crippen LogP contribution is 2.59. The quantitative estimate of drug-likeness (QED) is 0.190. The minimum absolute atomic E-state index is 0.0755. The molecule has 2 heterocycles. The van der Waals surface area contributed by atoms with Crippen LogP contribution in [0.15, 0.2) is 157 Å². The highest BCUT2D eigenvalue weighted by molar-refractivity contribution is 5.97. The lowest BCUT2D eigenvalue weighted by Crippen LogP contribution is -2.43. The van der Waals surface area contributed by atoms with Gasteiger partial charge in [-0.05, 0) is 93.9 Å². The molecule has 49 heavy (non-hydrogen) atoms. The highest BCUT2D eigenvalue weighted by Gasteiger charge is 2.47. The Labute approximate surface area is 290 Å². The van der Waals surface area contributed by atoms with Gasteiger partial charge in [0.2, 0.25) is 0 Å². The summed E-state index contributed by atoms with van der Waals surface area (Å²) in [6, 6.07) is 49.7. The van der Waals surface area contributed by atoms with E-state index in [2.05, 4.69) is 190 Å². The van der Waals surface area contributed by atoms with Crippen LogP contribution in [0.25, 0.3) is 21.9 Å². The third kappa shape index (κ3) is 4.47. The van der Waals surface area contributed by atoms with Gasteiger partial charge in [0.15, 0.2) is 0 Å². The van der Waals surface area contributed by atoms with Gasteiger partial charge in [-0.3, -0.25) is 0 Å². The number of benzene rings is 6. The van der Waals surface area contributed by atoms with Crippen molar-refractivity contribution in [2.24, 2.45) is 0 Å². The molecule has 1 unspecified atom stereocenters. The maximum Gasteiger partial charge on any atom is 0.0564 e. The topological polar surface area (TPSA) is 6.48 Å². The van der Waals surface area contributed by atoms with Gasteiger partial charge in [0.05, 0.1) is 17.4 Å². The molecule has 0 amide bonds. The molecule has 2 nitrogen and oxygen atoms in total. The van der Waals surface area contributed by atoms with E-state index in [0.717, 1.165) is 6.42 Å². The molecular weight excluding hydrogens is 593 g/mol. The monoisotopic (exact) mass is 634 g/mol. The first-order valence-corrected chi connectivity index (χ1v) is 17.6. The van der Waals surface area contributed by atoms with Crippen LogP contribution in [-0.4, -0.2) is 6.04 Å². The largest absolute Gasteiger partial charge is 0.334 e. The molecule has 3 aliphatic rings. The van der Waals surface area contributed by atoms with E-state index in [1.165, 1.54) is 78.2 Å². The average molecular weight is 635 g/mol. The third-order valence-corrected chi connectivity index (χ3v) is 11.5. The van der Waals surface area contributed by atoms with E-state index in [9.17, 15) is 0 Å². The highest BCUT2D eigenvalue weighted by atomic mass is 15.2. The minimum Gasteiger partial charge on any atom is -0.334 e. The van der Waals surface area contributed by atoms with Crippen molar-refractivity contribution >= 4 is 33.5 Å². The predicted molar refractivity (Wildman–Crippen MR) is 207 cm³/mol. The van der Waals surface area contributed by atoms with Crippen molar-refractivity contribution < 1.29 is 0 Å². The fourth-order valence-electron chi connectivity index (χ4n) is 8.83. The normalized spacial score (nSPS) is 18.1. The lowest BCUT2D eigenvalue weighted by atomic mass is 9.64. The minimum atomic E-state index is -0.125. The van der Waals surface area contributed by atoms with Gasteiger partial charge in [-0.1, -0.05) is 142 Å². The number of rotatable bonds is 4. The third-order valence-electron chi connectivity index (χ3n) is 11.5. The number of fused-ring (bicyclic) bond motifs is 4.